The summed E-state index contributed by atoms with van der Waals surface area (Å²) in [6, 6.07) is 9.66. The number of hydrogen-bond acceptors (Lipinski definition) is 2. The number of hydrogen-bond donors (Lipinski definition) is 2. The van der Waals surface area contributed by atoms with E-state index in [2.05, 4.69) is 49.5 Å². The van der Waals surface area contributed by atoms with Crippen molar-refractivity contribution in [1.82, 2.24) is 9.71 Å². The van der Waals surface area contributed by atoms with E-state index >= 15 is 0 Å². The van der Waals surface area contributed by atoms with Crippen molar-refractivity contribution < 1.29 is 4.39 Å². The third-order valence-corrected chi connectivity index (χ3v) is 5.59. The van der Waals surface area contributed by atoms with Crippen LogP contribution in [0.2, 0.25) is 0 Å². The minimum atomic E-state index is -0.206. The van der Waals surface area contributed by atoms with Crippen molar-refractivity contribution in [1.29, 1.82) is 0 Å². The van der Waals surface area contributed by atoms with Gasteiger partial charge in [-0.05, 0) is 81.0 Å². The summed E-state index contributed by atoms with van der Waals surface area (Å²) >= 11 is 1.70. The summed E-state index contributed by atoms with van der Waals surface area (Å²) in [4.78, 5) is 4.46. The van der Waals surface area contributed by atoms with Gasteiger partial charge in [-0.15, -0.1) is 0 Å². The first-order chi connectivity index (χ1) is 11.4. The molecule has 4 heteroatoms. The van der Waals surface area contributed by atoms with Crippen molar-refractivity contribution in [3.05, 3.63) is 64.6 Å². The molecule has 1 unspecified atom stereocenters. The Balaban J connectivity index is 1.68. The van der Waals surface area contributed by atoms with Gasteiger partial charge in [-0.1, -0.05) is 17.7 Å². The molecule has 1 atom stereocenters. The Bertz CT molecular complexity index is 846. The van der Waals surface area contributed by atoms with Gasteiger partial charge in [0.1, 0.15) is 5.82 Å². The summed E-state index contributed by atoms with van der Waals surface area (Å²) in [5, 5.41) is 1.10. The maximum absolute atomic E-state index is 13.3. The van der Waals surface area contributed by atoms with E-state index in [1.807, 2.05) is 12.3 Å². The molecule has 24 heavy (non-hydrogen) atoms. The molecule has 2 nitrogen and oxygen atoms in total. The molecule has 126 valence electrons. The molecule has 2 aromatic carbocycles. The zero-order valence-corrected chi connectivity index (χ0v) is 15.4. The molecule has 0 aliphatic carbocycles. The van der Waals surface area contributed by atoms with Crippen molar-refractivity contribution in [3.8, 4) is 0 Å². The molecule has 0 saturated carbocycles. The van der Waals surface area contributed by atoms with Crippen molar-refractivity contribution >= 4 is 22.9 Å². The highest BCUT2D eigenvalue weighted by Crippen LogP contribution is 2.27. The Morgan fingerprint density at radius 2 is 1.83 bits per heavy atom. The molecule has 0 fully saturated rings. The normalized spacial score (nSPS) is 12.7. The zero-order chi connectivity index (χ0) is 17.3. The van der Waals surface area contributed by atoms with E-state index in [0.717, 1.165) is 17.3 Å². The summed E-state index contributed by atoms with van der Waals surface area (Å²) in [5.74, 6) is -0.206. The lowest BCUT2D eigenvalue weighted by molar-refractivity contribution is 0.629. The molecule has 0 aliphatic heterocycles. The standard InChI is InChI=1S/C20H23FN2S/c1-12-7-13(2)20(14(3)8-12)24-23-15(4)9-16-11-22-19-10-17(21)5-6-18(16)19/h5-8,10-11,15,22-23H,9H2,1-4H3. The van der Waals surface area contributed by atoms with Crippen molar-refractivity contribution in [2.45, 2.75) is 45.1 Å². The number of fused-ring (bicyclic) bond motifs is 1. The number of aromatic amines is 1. The fraction of sp³-hybridized carbons (Fsp3) is 0.300. The lowest BCUT2D eigenvalue weighted by Crippen LogP contribution is -2.21. The second-order valence-corrected chi connectivity index (χ2v) is 7.40. The quantitative estimate of drug-likeness (QED) is 0.603. The van der Waals surface area contributed by atoms with E-state index in [0.29, 0.717) is 6.04 Å². The van der Waals surface area contributed by atoms with Crippen LogP contribution in [-0.4, -0.2) is 11.0 Å². The number of H-pyrrole nitrogens is 1. The molecule has 0 saturated heterocycles. The lowest BCUT2D eigenvalue weighted by atomic mass is 10.1. The summed E-state index contributed by atoms with van der Waals surface area (Å²) in [7, 11) is 0. The van der Waals surface area contributed by atoms with Gasteiger partial charge >= 0.3 is 0 Å². The molecule has 1 aromatic heterocycles. The van der Waals surface area contributed by atoms with Gasteiger partial charge in [-0.3, -0.25) is 4.72 Å². The fourth-order valence-electron chi connectivity index (χ4n) is 3.19. The third kappa shape index (κ3) is 3.65. The van der Waals surface area contributed by atoms with Crippen molar-refractivity contribution in [2.24, 2.45) is 0 Å². The van der Waals surface area contributed by atoms with E-state index in [4.69, 9.17) is 0 Å². The average molecular weight is 342 g/mol. The van der Waals surface area contributed by atoms with Gasteiger partial charge in [0.25, 0.3) is 0 Å². The van der Waals surface area contributed by atoms with Crippen LogP contribution in [0.3, 0.4) is 0 Å². The van der Waals surface area contributed by atoms with Gasteiger partial charge < -0.3 is 4.98 Å². The number of aryl methyl sites for hydroxylation is 3. The Morgan fingerprint density at radius 3 is 2.54 bits per heavy atom. The van der Waals surface area contributed by atoms with Gasteiger partial charge in [0.05, 0.1) is 0 Å². The number of aromatic nitrogens is 1. The number of rotatable bonds is 5. The van der Waals surface area contributed by atoms with Crippen LogP contribution in [-0.2, 0) is 6.42 Å². The predicted molar refractivity (Wildman–Crippen MR) is 101 cm³/mol. The Labute approximate surface area is 147 Å². The summed E-state index contributed by atoms with van der Waals surface area (Å²) < 4.78 is 16.8. The number of halogens is 1. The molecule has 3 aromatic rings. The van der Waals surface area contributed by atoms with Gasteiger partial charge in [0, 0.05) is 28.0 Å². The van der Waals surface area contributed by atoms with Gasteiger partial charge in [0.2, 0.25) is 0 Å². The Morgan fingerprint density at radius 1 is 1.12 bits per heavy atom. The van der Waals surface area contributed by atoms with Crippen molar-refractivity contribution in [3.63, 3.8) is 0 Å². The van der Waals surface area contributed by atoms with Crippen LogP contribution in [0.15, 0.2) is 41.4 Å². The minimum Gasteiger partial charge on any atom is -0.361 e. The fourth-order valence-corrected chi connectivity index (χ4v) is 4.03. The highest BCUT2D eigenvalue weighted by atomic mass is 32.2. The molecule has 0 amide bonds. The van der Waals surface area contributed by atoms with E-state index in [-0.39, 0.29) is 5.82 Å². The van der Waals surface area contributed by atoms with E-state index in [1.165, 1.54) is 33.2 Å². The van der Waals surface area contributed by atoms with Crippen molar-refractivity contribution in [2.75, 3.05) is 0 Å². The molecule has 0 radical (unpaired) electrons. The second kappa shape index (κ2) is 6.99. The highest BCUT2D eigenvalue weighted by molar-refractivity contribution is 7.97. The van der Waals surface area contributed by atoms with Crippen LogP contribution in [0.5, 0.6) is 0 Å². The average Bonchev–Trinajstić information content (AvgIpc) is 2.88. The maximum Gasteiger partial charge on any atom is 0.125 e. The first kappa shape index (κ1) is 17.1. The molecule has 1 heterocycles. The van der Waals surface area contributed by atoms with Crippen LogP contribution >= 0.6 is 11.9 Å². The predicted octanol–water partition coefficient (Wildman–Crippen LogP) is 5.46. The van der Waals surface area contributed by atoms with Gasteiger partial charge in [0.15, 0.2) is 0 Å². The molecule has 0 aliphatic rings. The van der Waals surface area contributed by atoms with Gasteiger partial charge in [-0.25, -0.2) is 4.39 Å². The zero-order valence-electron chi connectivity index (χ0n) is 14.5. The SMILES string of the molecule is Cc1cc(C)c(SNC(C)Cc2c[nH]c3cc(F)ccc23)c(C)c1. The number of benzene rings is 2. The topological polar surface area (TPSA) is 27.8 Å². The monoisotopic (exact) mass is 342 g/mol. The van der Waals surface area contributed by atoms with Crippen LogP contribution in [0.1, 0.15) is 29.2 Å². The van der Waals surface area contributed by atoms with E-state index < -0.39 is 0 Å². The van der Waals surface area contributed by atoms with Crippen LogP contribution in [0, 0.1) is 26.6 Å². The van der Waals surface area contributed by atoms with E-state index in [9.17, 15) is 4.39 Å². The molecule has 0 bridgehead atoms. The third-order valence-electron chi connectivity index (χ3n) is 4.22. The largest absolute Gasteiger partial charge is 0.361 e. The lowest BCUT2D eigenvalue weighted by Gasteiger charge is -2.16. The summed E-state index contributed by atoms with van der Waals surface area (Å²) in [6.45, 7) is 8.62. The molecule has 3 rings (SSSR count). The van der Waals surface area contributed by atoms with Gasteiger partial charge in [-0.2, -0.15) is 0 Å². The first-order valence-electron chi connectivity index (χ1n) is 8.20. The smallest absolute Gasteiger partial charge is 0.125 e. The molecular formula is C20H23FN2S. The van der Waals surface area contributed by atoms with Crippen LogP contribution < -0.4 is 4.72 Å². The number of nitrogens with one attached hydrogen (secondary N) is 2. The van der Waals surface area contributed by atoms with E-state index in [1.54, 1.807) is 18.0 Å². The Kier molecular flexibility index (Phi) is 4.97. The molecular weight excluding hydrogens is 319 g/mol. The molecule has 2 N–H and O–H groups in total. The Hall–Kier alpha value is -1.78. The molecule has 0 spiro atoms. The minimum absolute atomic E-state index is 0.206. The first-order valence-corrected chi connectivity index (χ1v) is 9.01. The summed E-state index contributed by atoms with van der Waals surface area (Å²) in [5.41, 5.74) is 5.98. The highest BCUT2D eigenvalue weighted by Gasteiger charge is 2.11. The summed E-state index contributed by atoms with van der Waals surface area (Å²) in [6.07, 6.45) is 2.87. The van der Waals surface area contributed by atoms with Crippen LogP contribution in [0.4, 0.5) is 4.39 Å². The van der Waals surface area contributed by atoms with Crippen LogP contribution in [0.25, 0.3) is 10.9 Å². The second-order valence-electron chi connectivity index (χ2n) is 6.56. The maximum atomic E-state index is 13.3.